The highest BCUT2D eigenvalue weighted by Crippen LogP contribution is 2.40. The molecule has 1 aromatic carbocycles. The molecular weight excluding hydrogens is 292 g/mol. The van der Waals surface area contributed by atoms with Crippen molar-refractivity contribution in [3.8, 4) is 11.5 Å². The third kappa shape index (κ3) is 2.92. The van der Waals surface area contributed by atoms with Crippen LogP contribution in [0.1, 0.15) is 19.4 Å². The minimum atomic E-state index is -0.644. The van der Waals surface area contributed by atoms with Gasteiger partial charge in [0.05, 0.1) is 4.92 Å². The normalized spacial score (nSPS) is 15.0. The molecule has 0 saturated heterocycles. The van der Waals surface area contributed by atoms with E-state index in [0.717, 1.165) is 28.3 Å². The topological polar surface area (TPSA) is 73.6 Å². The molecule has 1 aliphatic heterocycles. The average molecular weight is 306 g/mol. The summed E-state index contributed by atoms with van der Waals surface area (Å²) in [5.41, 5.74) is 1.76. The zero-order valence-corrected chi connectivity index (χ0v) is 12.4. The van der Waals surface area contributed by atoms with Crippen LogP contribution in [0.15, 0.2) is 29.6 Å². The summed E-state index contributed by atoms with van der Waals surface area (Å²) in [5, 5.41) is 15.8. The monoisotopic (exact) mass is 306 g/mol. The molecular formula is C14H14N2O4S. The zero-order chi connectivity index (χ0) is 15.0. The second-order valence-corrected chi connectivity index (χ2v) is 6.06. The molecule has 0 unspecified atom stereocenters. The molecule has 110 valence electrons. The standard InChI is InChI=1S/C14H14N2O4S/c1-14(2)19-11-4-3-10(6-12(11)20-14)15-7-9-5-13(16(17)18)21-8-9/h3-6,8,15H,7H2,1-2H3. The van der Waals surface area contributed by atoms with E-state index in [1.54, 1.807) is 11.4 Å². The number of hydrogen-bond donors (Lipinski definition) is 1. The highest BCUT2D eigenvalue weighted by Gasteiger charge is 2.31. The minimum absolute atomic E-state index is 0.152. The fraction of sp³-hybridized carbons (Fsp3) is 0.286. The minimum Gasteiger partial charge on any atom is -0.449 e. The summed E-state index contributed by atoms with van der Waals surface area (Å²) in [6.07, 6.45) is 0. The first kappa shape index (κ1) is 13.7. The Morgan fingerprint density at radius 1 is 1.29 bits per heavy atom. The summed E-state index contributed by atoms with van der Waals surface area (Å²) in [6.45, 7) is 4.22. The van der Waals surface area contributed by atoms with Gasteiger partial charge in [0.2, 0.25) is 5.79 Å². The van der Waals surface area contributed by atoms with Crippen LogP contribution in [0.2, 0.25) is 0 Å². The number of ether oxygens (including phenoxy) is 2. The molecule has 3 rings (SSSR count). The fourth-order valence-corrected chi connectivity index (χ4v) is 2.82. The fourth-order valence-electron chi connectivity index (χ4n) is 2.09. The van der Waals surface area contributed by atoms with E-state index in [4.69, 9.17) is 9.47 Å². The lowest BCUT2D eigenvalue weighted by molar-refractivity contribution is -0.380. The van der Waals surface area contributed by atoms with E-state index in [-0.39, 0.29) is 9.92 Å². The Labute approximate surface area is 125 Å². The number of nitro groups is 1. The van der Waals surface area contributed by atoms with Crippen molar-refractivity contribution in [1.82, 2.24) is 0 Å². The van der Waals surface area contributed by atoms with Crippen LogP contribution in [0.25, 0.3) is 0 Å². The molecule has 0 saturated carbocycles. The van der Waals surface area contributed by atoms with Crippen LogP contribution in [-0.2, 0) is 6.54 Å². The number of nitrogens with one attached hydrogen (secondary N) is 1. The maximum atomic E-state index is 10.6. The molecule has 6 nitrogen and oxygen atoms in total. The summed E-state index contributed by atoms with van der Waals surface area (Å²) in [4.78, 5) is 10.3. The Kier molecular flexibility index (Phi) is 3.21. The Bertz CT molecular complexity index is 696. The highest BCUT2D eigenvalue weighted by molar-refractivity contribution is 7.13. The van der Waals surface area contributed by atoms with Crippen molar-refractivity contribution < 1.29 is 14.4 Å². The molecule has 2 heterocycles. The van der Waals surface area contributed by atoms with Crippen LogP contribution < -0.4 is 14.8 Å². The Morgan fingerprint density at radius 2 is 2.05 bits per heavy atom. The Hall–Kier alpha value is -2.28. The number of rotatable bonds is 4. The molecule has 0 aliphatic carbocycles. The Morgan fingerprint density at radius 3 is 2.76 bits per heavy atom. The number of fused-ring (bicyclic) bond motifs is 1. The quantitative estimate of drug-likeness (QED) is 0.687. The van der Waals surface area contributed by atoms with E-state index in [1.165, 1.54) is 0 Å². The first-order chi connectivity index (χ1) is 9.93. The third-order valence-corrected chi connectivity index (χ3v) is 3.90. The van der Waals surface area contributed by atoms with Gasteiger partial charge in [0.25, 0.3) is 0 Å². The van der Waals surface area contributed by atoms with Gasteiger partial charge in [-0.25, -0.2) is 0 Å². The molecule has 0 fully saturated rings. The van der Waals surface area contributed by atoms with Crippen LogP contribution in [0.4, 0.5) is 10.7 Å². The van der Waals surface area contributed by atoms with Gasteiger partial charge in [-0.3, -0.25) is 10.1 Å². The van der Waals surface area contributed by atoms with Gasteiger partial charge < -0.3 is 14.8 Å². The highest BCUT2D eigenvalue weighted by atomic mass is 32.1. The van der Waals surface area contributed by atoms with E-state index in [1.807, 2.05) is 32.0 Å². The van der Waals surface area contributed by atoms with Gasteiger partial charge in [-0.05, 0) is 17.7 Å². The van der Waals surface area contributed by atoms with E-state index in [2.05, 4.69) is 5.32 Å². The number of hydrogen-bond acceptors (Lipinski definition) is 6. The predicted molar refractivity (Wildman–Crippen MR) is 80.1 cm³/mol. The van der Waals surface area contributed by atoms with Crippen LogP contribution in [0.3, 0.4) is 0 Å². The van der Waals surface area contributed by atoms with Crippen LogP contribution in [-0.4, -0.2) is 10.7 Å². The summed E-state index contributed by atoms with van der Waals surface area (Å²) in [7, 11) is 0. The summed E-state index contributed by atoms with van der Waals surface area (Å²) in [5.74, 6) is 0.771. The summed E-state index contributed by atoms with van der Waals surface area (Å²) < 4.78 is 11.3. The predicted octanol–water partition coefficient (Wildman–Crippen LogP) is 3.78. The first-order valence-electron chi connectivity index (χ1n) is 6.41. The number of nitrogens with zero attached hydrogens (tertiary/aromatic N) is 1. The largest absolute Gasteiger partial charge is 0.449 e. The van der Waals surface area contributed by atoms with E-state index in [0.29, 0.717) is 12.3 Å². The second kappa shape index (κ2) is 4.92. The van der Waals surface area contributed by atoms with E-state index < -0.39 is 5.79 Å². The molecule has 0 amide bonds. The van der Waals surface area contributed by atoms with Gasteiger partial charge in [0, 0.05) is 43.6 Å². The van der Waals surface area contributed by atoms with Gasteiger partial charge in [0.15, 0.2) is 11.5 Å². The van der Waals surface area contributed by atoms with Gasteiger partial charge in [-0.2, -0.15) is 0 Å². The van der Waals surface area contributed by atoms with E-state index >= 15 is 0 Å². The molecule has 1 aliphatic rings. The van der Waals surface area contributed by atoms with Gasteiger partial charge in [0.1, 0.15) is 0 Å². The van der Waals surface area contributed by atoms with Gasteiger partial charge in [-0.15, -0.1) is 0 Å². The van der Waals surface area contributed by atoms with Crippen molar-refractivity contribution in [2.45, 2.75) is 26.2 Å². The zero-order valence-electron chi connectivity index (χ0n) is 11.6. The van der Waals surface area contributed by atoms with Crippen molar-refractivity contribution in [3.05, 3.63) is 45.3 Å². The number of anilines is 1. The lowest BCUT2D eigenvalue weighted by atomic mass is 10.2. The maximum Gasteiger partial charge on any atom is 0.324 e. The third-order valence-electron chi connectivity index (χ3n) is 2.97. The smallest absolute Gasteiger partial charge is 0.324 e. The van der Waals surface area contributed by atoms with E-state index in [9.17, 15) is 10.1 Å². The second-order valence-electron chi connectivity index (χ2n) is 5.17. The summed E-state index contributed by atoms with van der Waals surface area (Å²) >= 11 is 1.13. The molecule has 0 spiro atoms. The van der Waals surface area contributed by atoms with Gasteiger partial charge >= 0.3 is 5.00 Å². The van der Waals surface area contributed by atoms with Crippen molar-refractivity contribution in [2.24, 2.45) is 0 Å². The molecule has 2 aromatic rings. The van der Waals surface area contributed by atoms with Crippen molar-refractivity contribution in [3.63, 3.8) is 0 Å². The lowest BCUT2D eigenvalue weighted by Gasteiger charge is -2.16. The maximum absolute atomic E-state index is 10.6. The lowest BCUT2D eigenvalue weighted by Crippen LogP contribution is -2.29. The molecule has 7 heteroatoms. The first-order valence-corrected chi connectivity index (χ1v) is 7.29. The van der Waals surface area contributed by atoms with Crippen LogP contribution in [0, 0.1) is 10.1 Å². The Balaban J connectivity index is 1.68. The molecule has 21 heavy (non-hydrogen) atoms. The molecule has 1 N–H and O–H groups in total. The number of thiophene rings is 1. The number of benzene rings is 1. The van der Waals surface area contributed by atoms with Crippen molar-refractivity contribution >= 4 is 22.0 Å². The SMILES string of the molecule is CC1(C)Oc2ccc(NCc3csc([N+](=O)[O-])c3)cc2O1. The summed E-state index contributed by atoms with van der Waals surface area (Å²) in [6, 6.07) is 7.19. The van der Waals surface area contributed by atoms with Crippen LogP contribution >= 0.6 is 11.3 Å². The van der Waals surface area contributed by atoms with Gasteiger partial charge in [-0.1, -0.05) is 11.3 Å². The van der Waals surface area contributed by atoms with Crippen LogP contribution in [0.5, 0.6) is 11.5 Å². The average Bonchev–Trinajstić information content (AvgIpc) is 2.98. The molecule has 1 aromatic heterocycles. The molecule has 0 bridgehead atoms. The molecule has 0 radical (unpaired) electrons. The molecule has 0 atom stereocenters. The van der Waals surface area contributed by atoms with Crippen molar-refractivity contribution in [1.29, 1.82) is 0 Å². The van der Waals surface area contributed by atoms with Crippen molar-refractivity contribution in [2.75, 3.05) is 5.32 Å².